The van der Waals surface area contributed by atoms with E-state index in [-0.39, 0.29) is 6.04 Å². The Morgan fingerprint density at radius 2 is 1.62 bits per heavy atom. The van der Waals surface area contributed by atoms with Crippen molar-refractivity contribution >= 4 is 23.0 Å². The molecule has 26 heavy (non-hydrogen) atoms. The zero-order valence-electron chi connectivity index (χ0n) is 13.9. The van der Waals surface area contributed by atoms with Gasteiger partial charge in [0.05, 0.1) is 0 Å². The first kappa shape index (κ1) is 15.1. The number of anilines is 1. The molecule has 1 atom stereocenters. The topological polar surface area (TPSA) is 42.7 Å². The van der Waals surface area contributed by atoms with Crippen molar-refractivity contribution < 1.29 is 0 Å². The quantitative estimate of drug-likeness (QED) is 0.558. The molecule has 0 saturated heterocycles. The lowest BCUT2D eigenvalue weighted by Crippen LogP contribution is -2.19. The zero-order chi connectivity index (χ0) is 17.3. The van der Waals surface area contributed by atoms with Gasteiger partial charge in [-0.3, -0.25) is 0 Å². The number of benzene rings is 2. The predicted octanol–water partition coefficient (Wildman–Crippen LogP) is 5.06. The van der Waals surface area contributed by atoms with Gasteiger partial charge in [0, 0.05) is 10.6 Å². The Balaban J connectivity index is 1.52. The highest BCUT2D eigenvalue weighted by Crippen LogP contribution is 2.34. The number of allylic oxidation sites excluding steroid dienone is 1. The van der Waals surface area contributed by atoms with Crippen molar-refractivity contribution in [2.75, 3.05) is 5.32 Å². The van der Waals surface area contributed by atoms with E-state index in [0.717, 1.165) is 17.2 Å². The predicted molar refractivity (Wildman–Crippen MR) is 106 cm³/mol. The molecule has 0 spiro atoms. The fraction of sp³-hybridized carbons (Fsp3) is 0.0476. The maximum Gasteiger partial charge on any atom is 0.226 e. The number of thiophene rings is 1. The highest BCUT2D eigenvalue weighted by Gasteiger charge is 2.23. The molecule has 2 aromatic carbocycles. The number of rotatable bonds is 3. The highest BCUT2D eigenvalue weighted by molar-refractivity contribution is 7.10. The van der Waals surface area contributed by atoms with Gasteiger partial charge in [0.2, 0.25) is 5.95 Å². The molecule has 5 rings (SSSR count). The fourth-order valence-corrected chi connectivity index (χ4v) is 4.02. The minimum absolute atomic E-state index is 0.0672. The summed E-state index contributed by atoms with van der Waals surface area (Å²) >= 11 is 1.73. The lowest BCUT2D eigenvalue weighted by molar-refractivity contribution is 0.620. The summed E-state index contributed by atoms with van der Waals surface area (Å²) in [5.74, 6) is 0.771. The lowest BCUT2D eigenvalue weighted by Gasteiger charge is -2.23. The summed E-state index contributed by atoms with van der Waals surface area (Å²) in [5.41, 5.74) is 4.63. The third-order valence-corrected chi connectivity index (χ3v) is 5.49. The van der Waals surface area contributed by atoms with Crippen LogP contribution in [0.5, 0.6) is 0 Å². The van der Waals surface area contributed by atoms with Crippen LogP contribution in [0.3, 0.4) is 0 Å². The normalized spacial score (nSPS) is 15.8. The number of fused-ring (bicyclic) bond motifs is 1. The van der Waals surface area contributed by atoms with Gasteiger partial charge in [0.25, 0.3) is 0 Å². The molecule has 0 radical (unpaired) electrons. The molecule has 0 fully saturated rings. The molecule has 0 aliphatic carbocycles. The molecule has 0 amide bonds. The molecule has 1 aliphatic rings. The molecule has 4 aromatic rings. The Kier molecular flexibility index (Phi) is 3.65. The van der Waals surface area contributed by atoms with Gasteiger partial charge in [0.1, 0.15) is 12.4 Å². The van der Waals surface area contributed by atoms with E-state index in [0.29, 0.717) is 0 Å². The monoisotopic (exact) mass is 356 g/mol. The summed E-state index contributed by atoms with van der Waals surface area (Å²) in [4.78, 5) is 5.61. The molecule has 4 nitrogen and oxygen atoms in total. The summed E-state index contributed by atoms with van der Waals surface area (Å²) in [7, 11) is 0. The van der Waals surface area contributed by atoms with Crippen LogP contribution in [0.1, 0.15) is 16.5 Å². The van der Waals surface area contributed by atoms with Crippen LogP contribution < -0.4 is 5.32 Å². The zero-order valence-corrected chi connectivity index (χ0v) is 14.7. The molecule has 2 aromatic heterocycles. The SMILES string of the molecule is C1=C(c2ccc(-c3ccccc3)cc2)Nc2ncnn2[C@H]1c1cccs1. The first-order chi connectivity index (χ1) is 12.9. The fourth-order valence-electron chi connectivity index (χ4n) is 3.24. The molecule has 0 unspecified atom stereocenters. The van der Waals surface area contributed by atoms with E-state index in [1.54, 1.807) is 17.7 Å². The van der Waals surface area contributed by atoms with Crippen LogP contribution >= 0.6 is 11.3 Å². The molecular weight excluding hydrogens is 340 g/mol. The summed E-state index contributed by atoms with van der Waals surface area (Å²) in [6, 6.07) is 23.3. The summed E-state index contributed by atoms with van der Waals surface area (Å²) in [5, 5.41) is 9.87. The minimum atomic E-state index is 0.0672. The molecular formula is C21H16N4S. The lowest BCUT2D eigenvalue weighted by atomic mass is 10.0. The molecule has 5 heteroatoms. The van der Waals surface area contributed by atoms with Crippen LogP contribution in [0.4, 0.5) is 5.95 Å². The summed E-state index contributed by atoms with van der Waals surface area (Å²) < 4.78 is 1.92. The second-order valence-corrected chi connectivity index (χ2v) is 7.12. The Labute approximate surface area is 155 Å². The van der Waals surface area contributed by atoms with Crippen molar-refractivity contribution in [3.8, 4) is 11.1 Å². The van der Waals surface area contributed by atoms with Gasteiger partial charge in [-0.1, -0.05) is 60.7 Å². The average Bonchev–Trinajstić information content (AvgIpc) is 3.40. The Bertz CT molecular complexity index is 1050. The third-order valence-electron chi connectivity index (χ3n) is 4.55. The van der Waals surface area contributed by atoms with Crippen LogP contribution in [0.15, 0.2) is 84.5 Å². The maximum atomic E-state index is 4.38. The first-order valence-electron chi connectivity index (χ1n) is 8.46. The largest absolute Gasteiger partial charge is 0.324 e. The molecule has 0 saturated carbocycles. The van der Waals surface area contributed by atoms with Gasteiger partial charge in [-0.15, -0.1) is 11.3 Å². The minimum Gasteiger partial charge on any atom is -0.324 e. The number of nitrogens with zero attached hydrogens (tertiary/aromatic N) is 3. The van der Waals surface area contributed by atoms with Crippen LogP contribution in [0, 0.1) is 0 Å². The van der Waals surface area contributed by atoms with Crippen molar-refractivity contribution in [2.45, 2.75) is 6.04 Å². The van der Waals surface area contributed by atoms with Crippen molar-refractivity contribution in [1.29, 1.82) is 0 Å². The Morgan fingerprint density at radius 1 is 0.846 bits per heavy atom. The van der Waals surface area contributed by atoms with Crippen molar-refractivity contribution in [2.24, 2.45) is 0 Å². The van der Waals surface area contributed by atoms with Crippen LogP contribution in [0.2, 0.25) is 0 Å². The Hall–Kier alpha value is -3.18. The van der Waals surface area contributed by atoms with Gasteiger partial charge in [-0.25, -0.2) is 4.68 Å². The standard InChI is InChI=1S/C21H16N4S/c1-2-5-15(6-3-1)16-8-10-17(11-9-16)18-13-19(20-7-4-12-26-20)25-21(24-18)22-14-23-25/h1-14,19H,(H,22,23,24)/t19-/m1/s1. The first-order valence-corrected chi connectivity index (χ1v) is 9.34. The van der Waals surface area contributed by atoms with Gasteiger partial charge in [-0.2, -0.15) is 10.1 Å². The van der Waals surface area contributed by atoms with E-state index >= 15 is 0 Å². The maximum absolute atomic E-state index is 4.38. The van der Waals surface area contributed by atoms with E-state index in [1.807, 2.05) is 10.7 Å². The number of aromatic nitrogens is 3. The third kappa shape index (κ3) is 2.62. The summed E-state index contributed by atoms with van der Waals surface area (Å²) in [6.07, 6.45) is 3.81. The van der Waals surface area contributed by atoms with Gasteiger partial charge < -0.3 is 5.32 Å². The van der Waals surface area contributed by atoms with Crippen LogP contribution in [-0.4, -0.2) is 14.8 Å². The molecule has 126 valence electrons. The van der Waals surface area contributed by atoms with E-state index in [9.17, 15) is 0 Å². The van der Waals surface area contributed by atoms with Crippen molar-refractivity contribution in [3.63, 3.8) is 0 Å². The van der Waals surface area contributed by atoms with Gasteiger partial charge >= 0.3 is 0 Å². The van der Waals surface area contributed by atoms with Gasteiger partial charge in [0.15, 0.2) is 0 Å². The number of hydrogen-bond acceptors (Lipinski definition) is 4. The average molecular weight is 356 g/mol. The van der Waals surface area contributed by atoms with E-state index in [2.05, 4.69) is 87.5 Å². The van der Waals surface area contributed by atoms with E-state index < -0.39 is 0 Å². The molecule has 1 aliphatic heterocycles. The van der Waals surface area contributed by atoms with Crippen LogP contribution in [-0.2, 0) is 0 Å². The van der Waals surface area contributed by atoms with Crippen molar-refractivity contribution in [1.82, 2.24) is 14.8 Å². The number of nitrogens with one attached hydrogen (secondary N) is 1. The molecule has 1 N–H and O–H groups in total. The number of hydrogen-bond donors (Lipinski definition) is 1. The van der Waals surface area contributed by atoms with Gasteiger partial charge in [-0.05, 0) is 34.2 Å². The second kappa shape index (κ2) is 6.28. The van der Waals surface area contributed by atoms with Crippen LogP contribution in [0.25, 0.3) is 16.8 Å². The van der Waals surface area contributed by atoms with E-state index in [1.165, 1.54) is 16.0 Å². The smallest absolute Gasteiger partial charge is 0.226 e. The van der Waals surface area contributed by atoms with E-state index in [4.69, 9.17) is 0 Å². The molecule has 0 bridgehead atoms. The highest BCUT2D eigenvalue weighted by atomic mass is 32.1. The Morgan fingerprint density at radius 3 is 2.38 bits per heavy atom. The van der Waals surface area contributed by atoms with Crippen molar-refractivity contribution in [3.05, 3.63) is 95.0 Å². The second-order valence-electron chi connectivity index (χ2n) is 6.14. The summed E-state index contributed by atoms with van der Waals surface area (Å²) in [6.45, 7) is 0. The molecule has 3 heterocycles.